The third kappa shape index (κ3) is 2.43. The highest BCUT2D eigenvalue weighted by Gasteiger charge is 2.37. The minimum Gasteiger partial charge on any atom is -0.327 e. The van der Waals surface area contributed by atoms with Crippen LogP contribution >= 0.6 is 0 Å². The molecule has 0 aromatic carbocycles. The van der Waals surface area contributed by atoms with E-state index in [0.29, 0.717) is 11.5 Å². The van der Waals surface area contributed by atoms with Crippen molar-refractivity contribution in [3.05, 3.63) is 11.6 Å². The lowest BCUT2D eigenvalue weighted by Gasteiger charge is -2.36. The fourth-order valence-corrected chi connectivity index (χ4v) is 2.92. The third-order valence-corrected chi connectivity index (χ3v) is 4.26. The predicted molar refractivity (Wildman–Crippen MR) is 64.7 cm³/mol. The summed E-state index contributed by atoms with van der Waals surface area (Å²) in [6, 6.07) is 0.421. The number of hydrogen-bond donors (Lipinski definition) is 1. The fraction of sp³-hybridized carbons (Fsp3) is 0.846. The molecule has 0 bridgehead atoms. The van der Waals surface area contributed by atoms with Crippen LogP contribution in [-0.2, 0) is 0 Å². The van der Waals surface area contributed by atoms with Gasteiger partial charge in [-0.25, -0.2) is 0 Å². The summed E-state index contributed by atoms with van der Waals surface area (Å²) in [5.41, 5.74) is 8.14. The van der Waals surface area contributed by atoms with Crippen LogP contribution in [0.25, 0.3) is 0 Å². The zero-order valence-electron chi connectivity index (χ0n) is 10.1. The van der Waals surface area contributed by atoms with Crippen LogP contribution < -0.4 is 5.73 Å². The standard InChI is InChI=1S/C13H24N2/c1-11-5-8-15(9-6-11)10-13(2)7-3-4-12(13)14/h5,12H,3-4,6-10,14H2,1-2H3. The largest absolute Gasteiger partial charge is 0.327 e. The van der Waals surface area contributed by atoms with Crippen LogP contribution in [0.2, 0.25) is 0 Å². The van der Waals surface area contributed by atoms with Gasteiger partial charge in [0.15, 0.2) is 0 Å². The van der Waals surface area contributed by atoms with Gasteiger partial charge in [-0.1, -0.05) is 25.0 Å². The summed E-state index contributed by atoms with van der Waals surface area (Å²) in [4.78, 5) is 2.57. The van der Waals surface area contributed by atoms with Crippen LogP contribution in [0.5, 0.6) is 0 Å². The fourth-order valence-electron chi connectivity index (χ4n) is 2.92. The summed E-state index contributed by atoms with van der Waals surface area (Å²) < 4.78 is 0. The Kier molecular flexibility index (Phi) is 3.17. The lowest BCUT2D eigenvalue weighted by Crippen LogP contribution is -2.45. The molecule has 1 heterocycles. The average Bonchev–Trinajstić information content (AvgIpc) is 2.51. The molecule has 2 nitrogen and oxygen atoms in total. The molecular weight excluding hydrogens is 184 g/mol. The van der Waals surface area contributed by atoms with Crippen molar-refractivity contribution < 1.29 is 0 Å². The van der Waals surface area contributed by atoms with E-state index in [-0.39, 0.29) is 0 Å². The van der Waals surface area contributed by atoms with Crippen LogP contribution in [0.15, 0.2) is 11.6 Å². The SMILES string of the molecule is CC1=CCN(CC2(C)CCCC2N)CC1. The molecule has 2 unspecified atom stereocenters. The Morgan fingerprint density at radius 3 is 2.93 bits per heavy atom. The maximum atomic E-state index is 6.22. The predicted octanol–water partition coefficient (Wildman–Crippen LogP) is 2.16. The number of rotatable bonds is 2. The zero-order chi connectivity index (χ0) is 10.9. The number of nitrogens with two attached hydrogens (primary N) is 1. The summed E-state index contributed by atoms with van der Waals surface area (Å²) in [6.45, 7) is 8.16. The van der Waals surface area contributed by atoms with E-state index in [2.05, 4.69) is 24.8 Å². The molecule has 0 saturated heterocycles. The number of hydrogen-bond acceptors (Lipinski definition) is 2. The van der Waals surface area contributed by atoms with Crippen molar-refractivity contribution in [3.63, 3.8) is 0 Å². The molecule has 0 amide bonds. The van der Waals surface area contributed by atoms with E-state index in [0.717, 1.165) is 6.54 Å². The molecule has 0 spiro atoms. The first-order valence-corrected chi connectivity index (χ1v) is 6.24. The highest BCUT2D eigenvalue weighted by Crippen LogP contribution is 2.37. The van der Waals surface area contributed by atoms with E-state index in [4.69, 9.17) is 5.73 Å². The first kappa shape index (κ1) is 11.2. The van der Waals surface area contributed by atoms with Crippen molar-refractivity contribution >= 4 is 0 Å². The smallest absolute Gasteiger partial charge is 0.0166 e. The van der Waals surface area contributed by atoms with Gasteiger partial charge in [0, 0.05) is 25.7 Å². The second kappa shape index (κ2) is 4.26. The zero-order valence-corrected chi connectivity index (χ0v) is 10.1. The molecule has 15 heavy (non-hydrogen) atoms. The monoisotopic (exact) mass is 208 g/mol. The minimum absolute atomic E-state index is 0.374. The van der Waals surface area contributed by atoms with Gasteiger partial charge < -0.3 is 5.73 Å². The molecule has 1 aliphatic heterocycles. The van der Waals surface area contributed by atoms with Crippen molar-refractivity contribution in [3.8, 4) is 0 Å². The quantitative estimate of drug-likeness (QED) is 0.705. The molecule has 1 fully saturated rings. The second-order valence-electron chi connectivity index (χ2n) is 5.69. The van der Waals surface area contributed by atoms with Crippen LogP contribution in [-0.4, -0.2) is 30.6 Å². The van der Waals surface area contributed by atoms with Gasteiger partial charge in [0.25, 0.3) is 0 Å². The molecule has 0 radical (unpaired) electrons. The Balaban J connectivity index is 1.91. The van der Waals surface area contributed by atoms with Crippen LogP contribution in [0.4, 0.5) is 0 Å². The Morgan fingerprint density at radius 2 is 2.40 bits per heavy atom. The molecule has 2 atom stereocenters. The van der Waals surface area contributed by atoms with Gasteiger partial charge in [0.2, 0.25) is 0 Å². The summed E-state index contributed by atoms with van der Waals surface area (Å²) in [5, 5.41) is 0. The summed E-state index contributed by atoms with van der Waals surface area (Å²) in [7, 11) is 0. The van der Waals surface area contributed by atoms with Crippen molar-refractivity contribution in [2.24, 2.45) is 11.1 Å². The Morgan fingerprint density at radius 1 is 1.60 bits per heavy atom. The van der Waals surface area contributed by atoms with Crippen molar-refractivity contribution in [1.82, 2.24) is 4.90 Å². The lowest BCUT2D eigenvalue weighted by molar-refractivity contribution is 0.161. The highest BCUT2D eigenvalue weighted by atomic mass is 15.1. The second-order valence-corrected chi connectivity index (χ2v) is 5.69. The summed E-state index contributed by atoms with van der Waals surface area (Å²) in [6.07, 6.45) is 7.46. The van der Waals surface area contributed by atoms with E-state index in [1.54, 1.807) is 5.57 Å². The summed E-state index contributed by atoms with van der Waals surface area (Å²) >= 11 is 0. The van der Waals surface area contributed by atoms with Crippen LogP contribution in [0.1, 0.15) is 39.5 Å². The molecule has 86 valence electrons. The minimum atomic E-state index is 0.374. The molecule has 2 heteroatoms. The molecule has 0 aromatic rings. The van der Waals surface area contributed by atoms with Gasteiger partial charge in [0.05, 0.1) is 0 Å². The highest BCUT2D eigenvalue weighted by molar-refractivity contribution is 5.05. The average molecular weight is 208 g/mol. The molecule has 1 aliphatic carbocycles. The van der Waals surface area contributed by atoms with E-state index >= 15 is 0 Å². The summed E-state index contributed by atoms with van der Waals surface area (Å²) in [5.74, 6) is 0. The van der Waals surface area contributed by atoms with Crippen molar-refractivity contribution in [1.29, 1.82) is 0 Å². The normalized spacial score (nSPS) is 38.1. The van der Waals surface area contributed by atoms with E-state index < -0.39 is 0 Å². The topological polar surface area (TPSA) is 29.3 Å². The van der Waals surface area contributed by atoms with E-state index in [1.807, 2.05) is 0 Å². The molecule has 1 saturated carbocycles. The van der Waals surface area contributed by atoms with Crippen LogP contribution in [0, 0.1) is 5.41 Å². The maximum absolute atomic E-state index is 6.22. The Bertz CT molecular complexity index is 259. The van der Waals surface area contributed by atoms with E-state index in [9.17, 15) is 0 Å². The first-order chi connectivity index (χ1) is 7.10. The molecule has 2 rings (SSSR count). The van der Waals surface area contributed by atoms with Crippen molar-refractivity contribution in [2.45, 2.75) is 45.6 Å². The Hall–Kier alpha value is -0.340. The number of nitrogens with zero attached hydrogens (tertiary/aromatic N) is 1. The van der Waals surface area contributed by atoms with Gasteiger partial charge in [-0.3, -0.25) is 4.90 Å². The molecule has 2 N–H and O–H groups in total. The molecule has 2 aliphatic rings. The maximum Gasteiger partial charge on any atom is 0.0166 e. The molecular formula is C13H24N2. The van der Waals surface area contributed by atoms with Gasteiger partial charge in [0.1, 0.15) is 0 Å². The molecule has 0 aromatic heterocycles. The van der Waals surface area contributed by atoms with E-state index in [1.165, 1.54) is 38.8 Å². The first-order valence-electron chi connectivity index (χ1n) is 6.24. The van der Waals surface area contributed by atoms with Gasteiger partial charge in [-0.15, -0.1) is 0 Å². The van der Waals surface area contributed by atoms with Crippen molar-refractivity contribution in [2.75, 3.05) is 19.6 Å². The van der Waals surface area contributed by atoms with Gasteiger partial charge >= 0.3 is 0 Å². The lowest BCUT2D eigenvalue weighted by atomic mass is 9.84. The Labute approximate surface area is 93.5 Å². The van der Waals surface area contributed by atoms with Gasteiger partial charge in [-0.05, 0) is 31.6 Å². The van der Waals surface area contributed by atoms with Gasteiger partial charge in [-0.2, -0.15) is 0 Å². The van der Waals surface area contributed by atoms with Crippen LogP contribution in [0.3, 0.4) is 0 Å². The third-order valence-electron chi connectivity index (χ3n) is 4.26.